The number of esters is 1. The number of fused-ring (bicyclic) bond motifs is 15. The number of aliphatic hydroxyl groups excluding tert-OH is 5. The topological polar surface area (TPSA) is 711 Å². The number of ether oxygens (including phenoxy) is 9. The van der Waals surface area contributed by atoms with Crippen molar-refractivity contribution in [2.24, 2.45) is 22.8 Å². The fraction of sp³-hybridized carbons (Fsp3) is 0.447. The average molecular weight is 2110 g/mol. The number of halogens is 3. The number of carbonyl (C=O) groups excluding carboxylic acids is 9. The van der Waals surface area contributed by atoms with E-state index in [2.05, 4.69) is 42.5 Å². The summed E-state index contributed by atoms with van der Waals surface area (Å²) in [6, 6.07) is 12.8. The van der Waals surface area contributed by atoms with Gasteiger partial charge in [0.1, 0.15) is 96.1 Å². The highest BCUT2D eigenvalue weighted by atomic mass is 35.5. The predicted octanol–water partition coefficient (Wildman–Crippen LogP) is 4.61. The number of amides is 8. The molecule has 19 unspecified atom stereocenters. The van der Waals surface area contributed by atoms with Gasteiger partial charge in [0.2, 0.25) is 64.8 Å². The van der Waals surface area contributed by atoms with Crippen LogP contribution in [-0.4, -0.2) is 247 Å². The Hall–Kier alpha value is -11.3. The van der Waals surface area contributed by atoms with Gasteiger partial charge in [-0.05, 0) is 158 Å². The highest BCUT2D eigenvalue weighted by Gasteiger charge is 2.55. The Bertz CT molecular complexity index is 6120. The summed E-state index contributed by atoms with van der Waals surface area (Å²) < 4.78 is 83.7. The Labute approximate surface area is 837 Å². The molecule has 0 saturated carbocycles. The van der Waals surface area contributed by atoms with E-state index in [9.17, 15) is 98.6 Å². The van der Waals surface area contributed by atoms with Gasteiger partial charge in [-0.1, -0.05) is 117 Å². The number of phenols is 3. The van der Waals surface area contributed by atoms with E-state index in [1.165, 1.54) is 47.7 Å². The molecule has 0 spiro atoms. The minimum absolute atomic E-state index is 0.0961. The van der Waals surface area contributed by atoms with Crippen molar-refractivity contribution in [1.29, 1.82) is 0 Å². The zero-order valence-electron chi connectivity index (χ0n) is 78.6. The lowest BCUT2D eigenvalue weighted by Gasteiger charge is -2.48. The van der Waals surface area contributed by atoms with E-state index >= 15 is 24.0 Å². The third-order valence-corrected chi connectivity index (χ3v) is 29.5. The Morgan fingerprint density at radius 2 is 1.21 bits per heavy atom. The number of aromatic hydroxyl groups is 3. The largest absolute Gasteiger partial charge is 0.508 e. The summed E-state index contributed by atoms with van der Waals surface area (Å²) in [7, 11) is -10.0. The number of aliphatic carboxylic acids is 1. The number of carboxylic acids is 1. The number of nitrogens with one attached hydrogen (secondary N) is 9. The van der Waals surface area contributed by atoms with E-state index in [-0.39, 0.29) is 36.4 Å². The number of nitrogens with two attached hydrogens (primary N) is 2. The van der Waals surface area contributed by atoms with E-state index < -0.39 is 335 Å². The summed E-state index contributed by atoms with van der Waals surface area (Å²) in [4.78, 5) is 189. The maximum absolute atomic E-state index is 16.8. The standard InChI is InChI=1S/C94H112Cl3N11O34P2/c1-39(2)24-55(100-9)83(120)107-73-75(115)46-17-22-59(53(96)26-46)137-61-28-48-29-62(79(61)142-90-80(77(117)76(116)63(139-90)38-134-66(114)34-92(5,6)33-65(113)103-91(143(128,129)130)144(131,132)133)141-68-36-94(8,82(119)41(4)136-68)101-37-42-10-12-43(13-11-42)44-14-19-49(95)20-15-44)138-60-23-18-47(27-54(60)97)78(140-67-35-93(7,99)81(118)40(3)135-67)74-88(125)106-72(89(126)127)52-30-50(109)31-58(111)69(52)51-25-45(16-21-57(51)110)70(85(122)108-74)105-86(123)71(48)104-84(121)56(32-64(98)112)102-87(73)124/h10-23,25-31,39-41,55-56,63,67-68,70-78,80-82,90-91,100-101,109-111,115-119H,24,32-38,99H2,1-9H3,(H2,98,112)(H,102,124)(H,103,113)(H,104,121)(H,105,123)(H,106,125)(H,107,120)(H,108,122)(H,126,127)(H2,128,129,130)(H2,131,132,133)/t40?,41?,55?,56?,63?,67?,68?,70?,71?,72-,73?,74?,75+,76?,77?,78-,80?,81?,82?,90?,93?,94?/m1/s1. The van der Waals surface area contributed by atoms with Crippen molar-refractivity contribution < 1.29 is 165 Å². The molecule has 0 radical (unpaired) electrons. The number of primary amides is 1. The first-order chi connectivity index (χ1) is 67.5. The minimum atomic E-state index is -5.73. The van der Waals surface area contributed by atoms with Gasteiger partial charge in [-0.15, -0.1) is 0 Å². The summed E-state index contributed by atoms with van der Waals surface area (Å²) >= 11 is 21.0. The molecule has 7 aromatic rings. The summed E-state index contributed by atoms with van der Waals surface area (Å²) in [5.41, 5.74) is 4.19. The molecule has 8 heterocycles. The number of rotatable bonds is 27. The van der Waals surface area contributed by atoms with Crippen molar-refractivity contribution in [3.8, 4) is 68.2 Å². The second kappa shape index (κ2) is 44.6. The summed E-state index contributed by atoms with van der Waals surface area (Å²) in [6.07, 6.45) is -27.0. The van der Waals surface area contributed by atoms with Crippen molar-refractivity contribution in [2.75, 3.05) is 13.7 Å². The number of hydrogen-bond acceptors (Lipinski definition) is 32. The molecule has 15 rings (SSSR count). The molecule has 0 aromatic heterocycles. The number of phenolic OH excluding ortho intramolecular Hbond substituents is 3. The van der Waals surface area contributed by atoms with Gasteiger partial charge in [0.15, 0.2) is 36.2 Å². The molecule has 45 nitrogen and oxygen atoms in total. The first-order valence-electron chi connectivity index (χ1n) is 45.3. The van der Waals surface area contributed by atoms with Crippen molar-refractivity contribution in [1.82, 2.24) is 47.9 Å². The van der Waals surface area contributed by atoms with Crippen molar-refractivity contribution in [2.45, 2.75) is 239 Å². The normalized spacial score (nSPS) is 27.7. The van der Waals surface area contributed by atoms with E-state index in [4.69, 9.17) is 88.9 Å². The van der Waals surface area contributed by atoms with Gasteiger partial charge in [0, 0.05) is 64.7 Å². The van der Waals surface area contributed by atoms with E-state index in [0.29, 0.717) is 5.02 Å². The Kier molecular flexibility index (Phi) is 34.0. The number of likely N-dealkylation sites (N-methyl/N-ethyl adjacent to an activating group) is 1. The molecular weight excluding hydrogens is 2000 g/mol. The molecule has 8 amide bonds. The lowest BCUT2D eigenvalue weighted by molar-refractivity contribution is -0.335. The number of benzene rings is 7. The van der Waals surface area contributed by atoms with Crippen LogP contribution in [0.25, 0.3) is 22.3 Å². The maximum Gasteiger partial charge on any atom is 0.360 e. The fourth-order valence-electron chi connectivity index (χ4n) is 17.8. The van der Waals surface area contributed by atoms with Gasteiger partial charge in [-0.2, -0.15) is 0 Å². The lowest BCUT2D eigenvalue weighted by atomic mass is 9.84. The number of carbonyl (C=O) groups is 10. The van der Waals surface area contributed by atoms with Crippen LogP contribution in [-0.2, 0) is 92.0 Å². The molecule has 0 aliphatic carbocycles. The number of hydrogen-bond donors (Lipinski definition) is 24. The molecule has 26 N–H and O–H groups in total. The zero-order valence-corrected chi connectivity index (χ0v) is 82.6. The Morgan fingerprint density at radius 1 is 0.632 bits per heavy atom. The molecule has 3 fully saturated rings. The van der Waals surface area contributed by atoms with Crippen LogP contribution in [0.5, 0.6) is 46.0 Å². The average Bonchev–Trinajstić information content (AvgIpc) is 0.757. The SMILES string of the molecule is CNC(CC(C)C)C(=O)NC1C(=O)NC(CC(N)=O)C(=O)NC2C(=O)NC3C(=O)NC(C(=O)N[C@@H](C(=O)O)c4cc(O)cc(O)c4-c4cc3ccc4O)[C@H](OC3CC(C)(N)C(O)C(C)O3)c3ccc(c(Cl)c3)Oc3cc2cc(c3OC2OC(COC(=O)CC(C)(C)CC(=O)NC(P(=O)(O)O)P(=O)(O)O)C(O)C(O)C2OC2CC(C)(NCc3ccc(-c4ccc(Cl)cc4)cc3)C(O)C(C)O2)Oc2ccc(cc2Cl)[C@@H]1O. The smallest absolute Gasteiger partial charge is 0.360 e. The summed E-state index contributed by atoms with van der Waals surface area (Å²) in [6.45, 7) is 11.2. The van der Waals surface area contributed by atoms with E-state index in [1.54, 1.807) is 38.2 Å². The molecule has 3 saturated heterocycles. The lowest BCUT2D eigenvalue weighted by Crippen LogP contribution is -2.65. The zero-order chi connectivity index (χ0) is 105. The van der Waals surface area contributed by atoms with Gasteiger partial charge in [0.25, 0.3) is 0 Å². The van der Waals surface area contributed by atoms with Gasteiger partial charge in [0.05, 0.1) is 53.3 Å². The Morgan fingerprint density at radius 3 is 1.80 bits per heavy atom. The van der Waals surface area contributed by atoms with Crippen LogP contribution in [0.2, 0.25) is 15.1 Å². The first kappa shape index (κ1) is 110. The van der Waals surface area contributed by atoms with E-state index in [1.807, 2.05) is 36.4 Å². The predicted molar refractivity (Wildman–Crippen MR) is 508 cm³/mol. The minimum Gasteiger partial charge on any atom is -0.508 e. The van der Waals surface area contributed by atoms with Crippen LogP contribution in [0.15, 0.2) is 127 Å². The van der Waals surface area contributed by atoms with Gasteiger partial charge in [-0.3, -0.25) is 52.3 Å². The van der Waals surface area contributed by atoms with Crippen LogP contribution in [0.4, 0.5) is 0 Å². The third kappa shape index (κ3) is 25.7. The number of aliphatic hydroxyl groups is 5. The quantitative estimate of drug-likeness (QED) is 0.0247. The van der Waals surface area contributed by atoms with Crippen LogP contribution in [0.3, 0.4) is 0 Å². The maximum atomic E-state index is 16.8. The highest BCUT2D eigenvalue weighted by molar-refractivity contribution is 7.70. The fourth-order valence-corrected chi connectivity index (χ4v) is 20.6. The van der Waals surface area contributed by atoms with Crippen LogP contribution < -0.4 is 73.5 Å². The van der Waals surface area contributed by atoms with Gasteiger partial charge in [-0.25, -0.2) is 4.79 Å². The Balaban J connectivity index is 1.02. The monoisotopic (exact) mass is 2110 g/mol. The van der Waals surface area contributed by atoms with Crippen LogP contribution in [0, 0.1) is 11.3 Å². The summed E-state index contributed by atoms with van der Waals surface area (Å²) in [5.74, 6) is -20.0. The van der Waals surface area contributed by atoms with Crippen molar-refractivity contribution in [3.05, 3.63) is 176 Å². The highest BCUT2D eigenvalue weighted by Crippen LogP contribution is 2.59. The molecule has 8 aliphatic heterocycles. The van der Waals surface area contributed by atoms with Gasteiger partial charge < -0.3 is 167 Å². The van der Waals surface area contributed by atoms with Gasteiger partial charge >= 0.3 is 27.1 Å². The molecule has 50 heteroatoms. The molecule has 11 bridgehead atoms. The van der Waals surface area contributed by atoms with Crippen molar-refractivity contribution in [3.63, 3.8) is 0 Å². The summed E-state index contributed by atoms with van der Waals surface area (Å²) in [5, 5.41) is 130. The molecule has 144 heavy (non-hydrogen) atoms. The van der Waals surface area contributed by atoms with Crippen LogP contribution >= 0.6 is 50.0 Å². The first-order valence-corrected chi connectivity index (χ1v) is 49.8. The van der Waals surface area contributed by atoms with E-state index in [0.717, 1.165) is 89.5 Å². The molecule has 22 atom stereocenters. The second-order valence-corrected chi connectivity index (χ2v) is 42.9. The third-order valence-electron chi connectivity index (χ3n) is 25.3. The second-order valence-electron chi connectivity index (χ2n) is 37.9. The molecule has 8 aliphatic rings. The van der Waals surface area contributed by atoms with Crippen LogP contribution in [0.1, 0.15) is 158 Å². The molecule has 778 valence electrons. The molecular formula is C94H112Cl3N11O34P2. The van der Waals surface area contributed by atoms with Crippen molar-refractivity contribution >= 4 is 109 Å². The number of carboxylic acid groups (broad SMARTS) is 1. The molecule has 7 aromatic carbocycles.